The number of anilines is 1. The van der Waals surface area contributed by atoms with Crippen molar-refractivity contribution in [2.45, 2.75) is 32.6 Å². The van der Waals surface area contributed by atoms with Gasteiger partial charge in [-0.15, -0.1) is 0 Å². The molecule has 0 unspecified atom stereocenters. The van der Waals surface area contributed by atoms with Crippen molar-refractivity contribution in [3.8, 4) is 0 Å². The van der Waals surface area contributed by atoms with Crippen LogP contribution in [-0.4, -0.2) is 5.91 Å². The molecule has 3 heteroatoms. The topological polar surface area (TPSA) is 29.1 Å². The normalized spacial score (nSPS) is 12.0. The molecule has 0 aliphatic rings. The second-order valence-corrected chi connectivity index (χ2v) is 5.68. The molecule has 0 saturated heterocycles. The zero-order valence-electron chi connectivity index (χ0n) is 12.4. The van der Waals surface area contributed by atoms with E-state index < -0.39 is 0 Å². The van der Waals surface area contributed by atoms with Gasteiger partial charge >= 0.3 is 0 Å². The van der Waals surface area contributed by atoms with Crippen LogP contribution >= 0.6 is 11.6 Å². The Morgan fingerprint density at radius 1 is 1.14 bits per heavy atom. The molecule has 0 bridgehead atoms. The van der Waals surface area contributed by atoms with Gasteiger partial charge in [-0.2, -0.15) is 0 Å². The van der Waals surface area contributed by atoms with Gasteiger partial charge in [0.2, 0.25) is 5.91 Å². The molecule has 0 aliphatic carbocycles. The summed E-state index contributed by atoms with van der Waals surface area (Å²) in [5, 5.41) is 3.70. The predicted molar refractivity (Wildman–Crippen MR) is 88.9 cm³/mol. The zero-order valence-corrected chi connectivity index (χ0v) is 13.2. The van der Waals surface area contributed by atoms with Crippen LogP contribution in [0.3, 0.4) is 0 Å². The maximum Gasteiger partial charge on any atom is 0.228 e. The lowest BCUT2D eigenvalue weighted by Gasteiger charge is -2.15. The van der Waals surface area contributed by atoms with Gasteiger partial charge in [-0.1, -0.05) is 55.8 Å². The predicted octanol–water partition coefficient (Wildman–Crippen LogP) is 5.03. The third-order valence-electron chi connectivity index (χ3n) is 3.66. The van der Waals surface area contributed by atoms with Gasteiger partial charge in [-0.25, -0.2) is 0 Å². The minimum absolute atomic E-state index is 0.00641. The van der Waals surface area contributed by atoms with E-state index in [0.29, 0.717) is 17.4 Å². The molecule has 0 heterocycles. The van der Waals surface area contributed by atoms with Gasteiger partial charge in [0.05, 0.1) is 6.42 Å². The number of para-hydroxylation sites is 1. The van der Waals surface area contributed by atoms with Gasteiger partial charge in [0.15, 0.2) is 0 Å². The molecule has 0 aromatic heterocycles. The van der Waals surface area contributed by atoms with Crippen LogP contribution < -0.4 is 5.32 Å². The molecule has 0 radical (unpaired) electrons. The first kappa shape index (κ1) is 15.6. The van der Waals surface area contributed by atoms with E-state index >= 15 is 0 Å². The molecule has 1 amide bonds. The van der Waals surface area contributed by atoms with Crippen LogP contribution in [0.15, 0.2) is 48.5 Å². The summed E-state index contributed by atoms with van der Waals surface area (Å²) in [5.41, 5.74) is 3.05. The molecule has 2 aromatic carbocycles. The molecule has 1 atom stereocenters. The first-order valence-electron chi connectivity index (χ1n) is 7.23. The third kappa shape index (κ3) is 4.33. The Labute approximate surface area is 131 Å². The molecule has 0 saturated carbocycles. The summed E-state index contributed by atoms with van der Waals surface area (Å²) < 4.78 is 0. The molecule has 2 rings (SSSR count). The summed E-state index contributed by atoms with van der Waals surface area (Å²) in [5.74, 6) is 0.421. The largest absolute Gasteiger partial charge is 0.326 e. The zero-order chi connectivity index (χ0) is 15.2. The summed E-state index contributed by atoms with van der Waals surface area (Å²) >= 11 is 5.85. The smallest absolute Gasteiger partial charge is 0.228 e. The van der Waals surface area contributed by atoms with Crippen LogP contribution in [-0.2, 0) is 11.2 Å². The van der Waals surface area contributed by atoms with E-state index in [1.165, 1.54) is 5.56 Å². The fourth-order valence-electron chi connectivity index (χ4n) is 2.24. The number of carbonyl (C=O) groups excluding carboxylic acids is 1. The quantitative estimate of drug-likeness (QED) is 0.824. The summed E-state index contributed by atoms with van der Waals surface area (Å²) in [7, 11) is 0. The fourth-order valence-corrected chi connectivity index (χ4v) is 2.37. The highest BCUT2D eigenvalue weighted by atomic mass is 35.5. The minimum Gasteiger partial charge on any atom is -0.326 e. The average Bonchev–Trinajstić information content (AvgIpc) is 2.49. The van der Waals surface area contributed by atoms with Gasteiger partial charge in [-0.05, 0) is 41.7 Å². The highest BCUT2D eigenvalue weighted by Gasteiger charge is 2.11. The highest BCUT2D eigenvalue weighted by molar-refractivity contribution is 6.30. The monoisotopic (exact) mass is 301 g/mol. The third-order valence-corrected chi connectivity index (χ3v) is 3.91. The lowest BCUT2D eigenvalue weighted by atomic mass is 9.97. The van der Waals surface area contributed by atoms with Crippen molar-refractivity contribution in [3.63, 3.8) is 0 Å². The Bertz CT molecular complexity index is 607. The number of rotatable bonds is 5. The van der Waals surface area contributed by atoms with Crippen LogP contribution in [0.25, 0.3) is 0 Å². The van der Waals surface area contributed by atoms with Gasteiger partial charge < -0.3 is 5.32 Å². The summed E-state index contributed by atoms with van der Waals surface area (Å²) in [6.07, 6.45) is 1.40. The number of benzene rings is 2. The molecule has 21 heavy (non-hydrogen) atoms. The van der Waals surface area contributed by atoms with Gasteiger partial charge in [-0.3, -0.25) is 4.79 Å². The average molecular weight is 302 g/mol. The van der Waals surface area contributed by atoms with Crippen molar-refractivity contribution in [1.82, 2.24) is 0 Å². The van der Waals surface area contributed by atoms with Crippen molar-refractivity contribution in [2.24, 2.45) is 0 Å². The lowest BCUT2D eigenvalue weighted by Crippen LogP contribution is -2.16. The second kappa shape index (κ2) is 7.28. The molecule has 2 nitrogen and oxygen atoms in total. The van der Waals surface area contributed by atoms with E-state index in [0.717, 1.165) is 17.7 Å². The van der Waals surface area contributed by atoms with E-state index in [4.69, 9.17) is 11.6 Å². The Hall–Kier alpha value is -1.80. The van der Waals surface area contributed by atoms with Crippen LogP contribution in [0.1, 0.15) is 37.3 Å². The first-order valence-corrected chi connectivity index (χ1v) is 7.61. The lowest BCUT2D eigenvalue weighted by molar-refractivity contribution is -0.115. The SMILES string of the molecule is CC[C@H](C)c1ccccc1NC(=O)Cc1ccc(Cl)cc1. The summed E-state index contributed by atoms with van der Waals surface area (Å²) in [6.45, 7) is 4.32. The Morgan fingerprint density at radius 2 is 1.81 bits per heavy atom. The van der Waals surface area contributed by atoms with Crippen molar-refractivity contribution < 1.29 is 4.79 Å². The number of nitrogens with one attached hydrogen (secondary N) is 1. The highest BCUT2D eigenvalue weighted by Crippen LogP contribution is 2.26. The number of carbonyl (C=O) groups is 1. The molecule has 0 spiro atoms. The molecular weight excluding hydrogens is 282 g/mol. The van der Waals surface area contributed by atoms with Crippen LogP contribution in [0.2, 0.25) is 5.02 Å². The fraction of sp³-hybridized carbons (Fsp3) is 0.278. The summed E-state index contributed by atoms with van der Waals surface area (Å²) in [6, 6.07) is 15.4. The molecule has 1 N–H and O–H groups in total. The van der Waals surface area contributed by atoms with E-state index in [-0.39, 0.29) is 5.91 Å². The number of hydrogen-bond acceptors (Lipinski definition) is 1. The van der Waals surface area contributed by atoms with Gasteiger partial charge in [0.25, 0.3) is 0 Å². The Balaban J connectivity index is 2.07. The van der Waals surface area contributed by atoms with Crippen molar-refractivity contribution in [3.05, 3.63) is 64.7 Å². The maximum atomic E-state index is 12.2. The van der Waals surface area contributed by atoms with E-state index in [1.807, 2.05) is 30.3 Å². The van der Waals surface area contributed by atoms with Crippen LogP contribution in [0.4, 0.5) is 5.69 Å². The number of halogens is 1. The number of hydrogen-bond donors (Lipinski definition) is 1. The van der Waals surface area contributed by atoms with Crippen LogP contribution in [0.5, 0.6) is 0 Å². The molecule has 0 fully saturated rings. The molecule has 0 aliphatic heterocycles. The van der Waals surface area contributed by atoms with Gasteiger partial charge in [0.1, 0.15) is 0 Å². The molecular formula is C18H20ClNO. The Morgan fingerprint density at radius 3 is 2.48 bits per heavy atom. The van der Waals surface area contributed by atoms with E-state index in [1.54, 1.807) is 12.1 Å². The van der Waals surface area contributed by atoms with Crippen molar-refractivity contribution in [2.75, 3.05) is 5.32 Å². The standard InChI is InChI=1S/C18H20ClNO/c1-3-13(2)16-6-4-5-7-17(16)20-18(21)12-14-8-10-15(19)11-9-14/h4-11,13H,3,12H2,1-2H3,(H,20,21)/t13-/m0/s1. The molecule has 2 aromatic rings. The first-order chi connectivity index (χ1) is 10.1. The van der Waals surface area contributed by atoms with Crippen molar-refractivity contribution >= 4 is 23.2 Å². The number of amides is 1. The molecule has 110 valence electrons. The minimum atomic E-state index is -0.00641. The van der Waals surface area contributed by atoms with E-state index in [9.17, 15) is 4.79 Å². The Kier molecular flexibility index (Phi) is 5.40. The van der Waals surface area contributed by atoms with E-state index in [2.05, 4.69) is 25.2 Å². The summed E-state index contributed by atoms with van der Waals surface area (Å²) in [4.78, 5) is 12.2. The van der Waals surface area contributed by atoms with Crippen LogP contribution in [0, 0.1) is 0 Å². The van der Waals surface area contributed by atoms with Gasteiger partial charge in [0, 0.05) is 10.7 Å². The second-order valence-electron chi connectivity index (χ2n) is 5.25. The maximum absolute atomic E-state index is 12.2. The van der Waals surface area contributed by atoms with Crippen molar-refractivity contribution in [1.29, 1.82) is 0 Å².